The minimum atomic E-state index is -3.50. The summed E-state index contributed by atoms with van der Waals surface area (Å²) in [6, 6.07) is 15.0. The third-order valence-electron chi connectivity index (χ3n) is 4.63. The Labute approximate surface area is 171 Å². The van der Waals surface area contributed by atoms with Crippen molar-refractivity contribution in [3.63, 3.8) is 0 Å². The number of aryl methyl sites for hydroxylation is 1. The summed E-state index contributed by atoms with van der Waals surface area (Å²) >= 11 is 0. The van der Waals surface area contributed by atoms with Crippen molar-refractivity contribution in [1.82, 2.24) is 20.3 Å². The molecule has 0 radical (unpaired) electrons. The highest BCUT2D eigenvalue weighted by Gasteiger charge is 2.12. The highest BCUT2D eigenvalue weighted by molar-refractivity contribution is 7.89. The van der Waals surface area contributed by atoms with E-state index in [2.05, 4.69) is 37.5 Å². The van der Waals surface area contributed by atoms with Gasteiger partial charge in [0.05, 0.1) is 4.90 Å². The summed E-state index contributed by atoms with van der Waals surface area (Å²) in [6.07, 6.45) is 2.88. The van der Waals surface area contributed by atoms with Crippen LogP contribution < -0.4 is 15.4 Å². The number of para-hydroxylation sites is 1. The Kier molecular flexibility index (Phi) is 6.90. The molecule has 0 aliphatic heterocycles. The van der Waals surface area contributed by atoms with Crippen molar-refractivity contribution in [3.05, 3.63) is 65.9 Å². The number of fused-ring (bicyclic) bond motifs is 1. The van der Waals surface area contributed by atoms with Crippen LogP contribution >= 0.6 is 0 Å². The summed E-state index contributed by atoms with van der Waals surface area (Å²) in [5.74, 6) is 0.638. The zero-order chi connectivity index (χ0) is 20.7. The molecule has 0 saturated heterocycles. The molecule has 0 unspecified atom stereocenters. The monoisotopic (exact) mass is 413 g/mol. The Hall–Kier alpha value is -2.84. The molecule has 7 nitrogen and oxygen atoms in total. The molecule has 8 heteroatoms. The molecular weight excluding hydrogens is 386 g/mol. The molecule has 1 aromatic heterocycles. The van der Waals surface area contributed by atoms with E-state index in [4.69, 9.17) is 0 Å². The van der Waals surface area contributed by atoms with Gasteiger partial charge in [-0.25, -0.2) is 13.1 Å². The summed E-state index contributed by atoms with van der Waals surface area (Å²) in [5, 5.41) is 7.60. The number of aliphatic imine (C=N–C) groups is 1. The quantitative estimate of drug-likeness (QED) is 0.258. The third-order valence-corrected chi connectivity index (χ3v) is 6.10. The predicted molar refractivity (Wildman–Crippen MR) is 118 cm³/mol. The second kappa shape index (κ2) is 9.58. The molecule has 154 valence electrons. The molecule has 0 amide bonds. The normalized spacial score (nSPS) is 12.3. The zero-order valence-corrected chi connectivity index (χ0v) is 17.5. The van der Waals surface area contributed by atoms with Crippen LogP contribution in [-0.4, -0.2) is 46.0 Å². The number of nitrogens with one attached hydrogen (secondary N) is 4. The highest BCUT2D eigenvalue weighted by Crippen LogP contribution is 2.17. The minimum Gasteiger partial charge on any atom is -0.361 e. The average Bonchev–Trinajstić information content (AvgIpc) is 3.13. The summed E-state index contributed by atoms with van der Waals surface area (Å²) < 4.78 is 27.2. The van der Waals surface area contributed by atoms with E-state index in [1.54, 1.807) is 31.3 Å². The number of guanidine groups is 1. The Balaban J connectivity index is 1.42. The van der Waals surface area contributed by atoms with Crippen LogP contribution in [0.2, 0.25) is 0 Å². The van der Waals surface area contributed by atoms with E-state index in [0.29, 0.717) is 12.5 Å². The lowest BCUT2D eigenvalue weighted by molar-refractivity contribution is 0.580. The molecule has 0 bridgehead atoms. The standard InChI is InChI=1S/C21H27N5O2S/c1-16-7-9-18(10-8-16)29(27,28)26-14-13-24-21(22-2)23-12-11-17-15-25-20-6-4-3-5-19(17)20/h3-10,15,25-26H,11-14H2,1-2H3,(H2,22,23,24). The maximum Gasteiger partial charge on any atom is 0.240 e. The fourth-order valence-electron chi connectivity index (χ4n) is 3.04. The van der Waals surface area contributed by atoms with Gasteiger partial charge < -0.3 is 15.6 Å². The zero-order valence-electron chi connectivity index (χ0n) is 16.7. The largest absolute Gasteiger partial charge is 0.361 e. The van der Waals surface area contributed by atoms with Gasteiger partial charge in [-0.15, -0.1) is 0 Å². The van der Waals surface area contributed by atoms with Crippen LogP contribution in [0.4, 0.5) is 0 Å². The first-order valence-electron chi connectivity index (χ1n) is 9.55. The molecule has 0 fully saturated rings. The van der Waals surface area contributed by atoms with E-state index in [1.807, 2.05) is 25.3 Å². The number of aromatic amines is 1. The van der Waals surface area contributed by atoms with Crippen molar-refractivity contribution in [2.75, 3.05) is 26.7 Å². The predicted octanol–water partition coefficient (Wildman–Crippen LogP) is 2.16. The number of aromatic nitrogens is 1. The van der Waals surface area contributed by atoms with Gasteiger partial charge in [0.25, 0.3) is 0 Å². The molecular formula is C21H27N5O2S. The smallest absolute Gasteiger partial charge is 0.240 e. The van der Waals surface area contributed by atoms with Crippen LogP contribution in [0.3, 0.4) is 0 Å². The Morgan fingerprint density at radius 2 is 1.72 bits per heavy atom. The number of benzene rings is 2. The van der Waals surface area contributed by atoms with Gasteiger partial charge in [0, 0.05) is 43.8 Å². The van der Waals surface area contributed by atoms with E-state index in [-0.39, 0.29) is 11.4 Å². The molecule has 0 spiro atoms. The topological polar surface area (TPSA) is 98.4 Å². The summed E-state index contributed by atoms with van der Waals surface area (Å²) in [4.78, 5) is 7.72. The van der Waals surface area contributed by atoms with E-state index in [9.17, 15) is 8.42 Å². The highest BCUT2D eigenvalue weighted by atomic mass is 32.2. The minimum absolute atomic E-state index is 0.263. The van der Waals surface area contributed by atoms with Crippen LogP contribution in [0, 0.1) is 6.92 Å². The molecule has 0 aliphatic rings. The van der Waals surface area contributed by atoms with Crippen LogP contribution in [0.5, 0.6) is 0 Å². The van der Waals surface area contributed by atoms with Crippen molar-refractivity contribution in [1.29, 1.82) is 0 Å². The maximum atomic E-state index is 12.3. The second-order valence-corrected chi connectivity index (χ2v) is 8.51. The molecule has 3 rings (SSSR count). The number of rotatable bonds is 8. The van der Waals surface area contributed by atoms with Gasteiger partial charge in [-0.1, -0.05) is 35.9 Å². The van der Waals surface area contributed by atoms with Gasteiger partial charge in [-0.3, -0.25) is 4.99 Å². The molecule has 0 aliphatic carbocycles. The van der Waals surface area contributed by atoms with E-state index < -0.39 is 10.0 Å². The van der Waals surface area contributed by atoms with Crippen LogP contribution in [0.25, 0.3) is 10.9 Å². The molecule has 3 aromatic rings. The third kappa shape index (κ3) is 5.58. The Morgan fingerprint density at radius 1 is 1.00 bits per heavy atom. The molecule has 1 heterocycles. The van der Waals surface area contributed by atoms with E-state index in [1.165, 1.54) is 10.9 Å². The van der Waals surface area contributed by atoms with Crippen LogP contribution in [0.15, 0.2) is 64.6 Å². The van der Waals surface area contributed by atoms with Crippen molar-refractivity contribution in [2.45, 2.75) is 18.2 Å². The SMILES string of the molecule is CN=C(NCCNS(=O)(=O)c1ccc(C)cc1)NCCc1c[nH]c2ccccc12. The van der Waals surface area contributed by atoms with Gasteiger partial charge >= 0.3 is 0 Å². The van der Waals surface area contributed by atoms with Crippen molar-refractivity contribution >= 4 is 26.9 Å². The maximum absolute atomic E-state index is 12.3. The number of nitrogens with zero attached hydrogens (tertiary/aromatic N) is 1. The van der Waals surface area contributed by atoms with Gasteiger partial charge in [0.2, 0.25) is 10.0 Å². The summed E-state index contributed by atoms with van der Waals surface area (Å²) in [6.45, 7) is 3.33. The van der Waals surface area contributed by atoms with E-state index in [0.717, 1.165) is 24.0 Å². The number of hydrogen-bond acceptors (Lipinski definition) is 3. The van der Waals surface area contributed by atoms with Gasteiger partial charge in [-0.05, 0) is 37.1 Å². The first-order valence-corrected chi connectivity index (χ1v) is 11.0. The van der Waals surface area contributed by atoms with Crippen molar-refractivity contribution in [3.8, 4) is 0 Å². The average molecular weight is 414 g/mol. The number of H-pyrrole nitrogens is 1. The fraction of sp³-hybridized carbons (Fsp3) is 0.286. The first kappa shape index (κ1) is 20.9. The van der Waals surface area contributed by atoms with Gasteiger partial charge in [0.15, 0.2) is 5.96 Å². The second-order valence-electron chi connectivity index (χ2n) is 6.75. The summed E-state index contributed by atoms with van der Waals surface area (Å²) in [5.41, 5.74) is 3.40. The molecule has 0 saturated carbocycles. The van der Waals surface area contributed by atoms with E-state index >= 15 is 0 Å². The molecule has 0 atom stereocenters. The lowest BCUT2D eigenvalue weighted by Gasteiger charge is -2.12. The lowest BCUT2D eigenvalue weighted by Crippen LogP contribution is -2.42. The summed E-state index contributed by atoms with van der Waals surface area (Å²) in [7, 11) is -1.81. The lowest BCUT2D eigenvalue weighted by atomic mass is 10.1. The Morgan fingerprint density at radius 3 is 2.48 bits per heavy atom. The first-order chi connectivity index (χ1) is 14.0. The van der Waals surface area contributed by atoms with Crippen molar-refractivity contribution in [2.24, 2.45) is 4.99 Å². The molecule has 29 heavy (non-hydrogen) atoms. The number of sulfonamides is 1. The van der Waals surface area contributed by atoms with Gasteiger partial charge in [0.1, 0.15) is 0 Å². The molecule has 4 N–H and O–H groups in total. The van der Waals surface area contributed by atoms with Crippen LogP contribution in [-0.2, 0) is 16.4 Å². The van der Waals surface area contributed by atoms with Crippen molar-refractivity contribution < 1.29 is 8.42 Å². The Bertz CT molecular complexity index is 1070. The number of hydrogen-bond donors (Lipinski definition) is 4. The van der Waals surface area contributed by atoms with Crippen LogP contribution in [0.1, 0.15) is 11.1 Å². The fourth-order valence-corrected chi connectivity index (χ4v) is 4.07. The molecule has 2 aromatic carbocycles. The van der Waals surface area contributed by atoms with Gasteiger partial charge in [-0.2, -0.15) is 0 Å².